The Morgan fingerprint density at radius 1 is 0.276 bits per heavy atom. The van der Waals surface area contributed by atoms with Crippen LogP contribution in [0.5, 0.6) is 23.0 Å². The molecule has 0 saturated heterocycles. The van der Waals surface area contributed by atoms with E-state index in [1.165, 1.54) is 10.8 Å². The fourth-order valence-electron chi connectivity index (χ4n) is 11.3. The first kappa shape index (κ1) is 45.5. The highest BCUT2D eigenvalue weighted by Gasteiger charge is 2.20. The molecule has 0 N–H and O–H groups in total. The van der Waals surface area contributed by atoms with E-state index in [2.05, 4.69) is 170 Å². The molecule has 0 aliphatic heterocycles. The van der Waals surface area contributed by atoms with E-state index in [1.807, 2.05) is 24.3 Å². The molecule has 14 rings (SSSR count). The number of methoxy groups -OCH3 is 4. The van der Waals surface area contributed by atoms with E-state index in [4.69, 9.17) is 28.9 Å². The zero-order valence-corrected chi connectivity index (χ0v) is 43.6. The van der Waals surface area contributed by atoms with Crippen molar-refractivity contribution in [1.82, 2.24) is 9.97 Å². The van der Waals surface area contributed by atoms with Crippen LogP contribution in [0, 0.1) is 0 Å². The summed E-state index contributed by atoms with van der Waals surface area (Å²) in [6, 6.07) is 69.9. The van der Waals surface area contributed by atoms with Gasteiger partial charge in [-0.2, -0.15) is 0 Å². The van der Waals surface area contributed by atoms with Crippen LogP contribution >= 0.6 is 22.7 Å². The van der Waals surface area contributed by atoms with Crippen molar-refractivity contribution >= 4 is 95.6 Å². The molecule has 0 aliphatic rings. The Morgan fingerprint density at radius 2 is 0.605 bits per heavy atom. The predicted octanol–water partition coefficient (Wildman–Crippen LogP) is 18.7. The lowest BCUT2D eigenvalue weighted by atomic mass is 9.91. The van der Waals surface area contributed by atoms with Crippen LogP contribution in [0.15, 0.2) is 207 Å². The normalized spacial score (nSPS) is 11.7. The summed E-state index contributed by atoms with van der Waals surface area (Å²) in [5.41, 5.74) is 15.1. The fourth-order valence-corrected chi connectivity index (χ4v) is 14.0. The Hall–Kier alpha value is -9.08. The predicted molar refractivity (Wildman–Crippen MR) is 319 cm³/mol. The molecule has 0 fully saturated rings. The first-order valence-electron chi connectivity index (χ1n) is 25.1. The van der Waals surface area contributed by atoms with Gasteiger partial charge in [0.05, 0.1) is 58.3 Å². The van der Waals surface area contributed by atoms with Crippen molar-refractivity contribution in [2.24, 2.45) is 0 Å². The van der Waals surface area contributed by atoms with Gasteiger partial charge in [0.1, 0.15) is 23.0 Å². The van der Waals surface area contributed by atoms with Crippen molar-refractivity contribution in [3.63, 3.8) is 0 Å². The van der Waals surface area contributed by atoms with Gasteiger partial charge < -0.3 is 18.9 Å². The van der Waals surface area contributed by atoms with Crippen molar-refractivity contribution < 1.29 is 18.9 Å². The molecule has 0 unspecified atom stereocenters. The molecule has 0 aliphatic carbocycles. The van der Waals surface area contributed by atoms with E-state index in [9.17, 15) is 0 Å². The van der Waals surface area contributed by atoms with Gasteiger partial charge in [-0.3, -0.25) is 9.97 Å². The van der Waals surface area contributed by atoms with E-state index >= 15 is 0 Å². The summed E-state index contributed by atoms with van der Waals surface area (Å²) in [4.78, 5) is 9.81. The van der Waals surface area contributed by atoms with Gasteiger partial charge in [0, 0.05) is 55.8 Å². The summed E-state index contributed by atoms with van der Waals surface area (Å²) in [6.45, 7) is 0. The second-order valence-corrected chi connectivity index (χ2v) is 21.1. The summed E-state index contributed by atoms with van der Waals surface area (Å²) in [5, 5.41) is 9.06. The van der Waals surface area contributed by atoms with Crippen LogP contribution in [0.3, 0.4) is 0 Å². The topological polar surface area (TPSA) is 62.7 Å². The van der Waals surface area contributed by atoms with Crippen molar-refractivity contribution in [2.75, 3.05) is 28.4 Å². The van der Waals surface area contributed by atoms with E-state index in [0.29, 0.717) is 0 Å². The van der Waals surface area contributed by atoms with Crippen LogP contribution in [0.2, 0.25) is 0 Å². The van der Waals surface area contributed by atoms with Crippen molar-refractivity contribution in [3.8, 4) is 89.8 Å². The third-order valence-electron chi connectivity index (χ3n) is 15.0. The highest BCUT2D eigenvalue weighted by molar-refractivity contribution is 7.27. The summed E-state index contributed by atoms with van der Waals surface area (Å²) >= 11 is 3.43. The second-order valence-electron chi connectivity index (χ2n) is 19.0. The standard InChI is InChI=1S/C68H46N2O4S2/c1-71-59-21-9-19-53-55-29-27-49(63(73-3)67(55)75-65(53)59)47-17-7-15-43(35-47)39-11-5-13-41(33-39)45-23-25-51-57(37-45)58-38-46(24-26-52(58)62-61(51)69-31-32-70-62)42-14-6-12-40(34-42)44-16-8-18-48(36-44)50-28-30-56-54-20-10-22-60(72-2)66(54)76-68(56)64(50)74-4/h5-38H,1-4H3. The Kier molecular flexibility index (Phi) is 11.0. The number of rotatable bonds is 10. The number of hydrogen-bond acceptors (Lipinski definition) is 8. The molecule has 3 heterocycles. The molecule has 76 heavy (non-hydrogen) atoms. The fraction of sp³-hybridized carbons (Fsp3) is 0.0588. The van der Waals surface area contributed by atoms with E-state index in [0.717, 1.165) is 152 Å². The molecule has 0 radical (unpaired) electrons. The number of fused-ring (bicyclic) bond motifs is 12. The molecule has 3 aromatic heterocycles. The van der Waals surface area contributed by atoms with Gasteiger partial charge in [-0.05, 0) is 127 Å². The van der Waals surface area contributed by atoms with E-state index in [1.54, 1.807) is 63.5 Å². The maximum absolute atomic E-state index is 6.19. The zero-order valence-electron chi connectivity index (χ0n) is 42.0. The molecule has 6 nitrogen and oxygen atoms in total. The summed E-state index contributed by atoms with van der Waals surface area (Å²) in [5.74, 6) is 3.49. The van der Waals surface area contributed by atoms with Crippen LogP contribution in [0.4, 0.5) is 0 Å². The molecule has 14 aromatic rings. The molecule has 11 aromatic carbocycles. The number of ether oxygens (including phenoxy) is 4. The van der Waals surface area contributed by atoms with Gasteiger partial charge >= 0.3 is 0 Å². The van der Waals surface area contributed by atoms with Crippen molar-refractivity contribution in [3.05, 3.63) is 207 Å². The monoisotopic (exact) mass is 1020 g/mol. The molecule has 0 spiro atoms. The lowest BCUT2D eigenvalue weighted by Gasteiger charge is -2.14. The Morgan fingerprint density at radius 3 is 0.987 bits per heavy atom. The molecular weight excluding hydrogens is 973 g/mol. The van der Waals surface area contributed by atoms with Gasteiger partial charge in [0.2, 0.25) is 0 Å². The number of benzene rings is 11. The second kappa shape index (κ2) is 18.4. The van der Waals surface area contributed by atoms with Gasteiger partial charge in [-0.25, -0.2) is 0 Å². The van der Waals surface area contributed by atoms with Gasteiger partial charge in [0.25, 0.3) is 0 Å². The van der Waals surface area contributed by atoms with E-state index < -0.39 is 0 Å². The minimum Gasteiger partial charge on any atom is -0.495 e. The van der Waals surface area contributed by atoms with Crippen LogP contribution in [0.1, 0.15) is 0 Å². The minimum atomic E-state index is 0.870. The summed E-state index contributed by atoms with van der Waals surface area (Å²) in [7, 11) is 6.98. The highest BCUT2D eigenvalue weighted by Crippen LogP contribution is 2.49. The Labute approximate surface area is 446 Å². The number of aromatic nitrogens is 2. The smallest absolute Gasteiger partial charge is 0.144 e. The first-order valence-corrected chi connectivity index (χ1v) is 26.8. The number of nitrogens with zero attached hydrogens (tertiary/aromatic N) is 2. The summed E-state index contributed by atoms with van der Waals surface area (Å²) < 4.78 is 28.3. The SMILES string of the molecule is COc1cccc2c1sc1c(OC)c(-c3cccc(-c4cccc(-c5ccc6c(c5)c5cc(-c7cccc(-c8cccc(-c9ccc%10c(sc%11c(OC)cccc%11%10)c9OC)c8)c7)ccc5c5nccnc65)c4)c3)ccc12. The van der Waals surface area contributed by atoms with Crippen LogP contribution in [-0.2, 0) is 0 Å². The highest BCUT2D eigenvalue weighted by atomic mass is 32.1. The lowest BCUT2D eigenvalue weighted by Crippen LogP contribution is -1.91. The third-order valence-corrected chi connectivity index (χ3v) is 17.4. The maximum Gasteiger partial charge on any atom is 0.144 e. The molecule has 0 atom stereocenters. The van der Waals surface area contributed by atoms with Gasteiger partial charge in [-0.1, -0.05) is 133 Å². The minimum absolute atomic E-state index is 0.870. The van der Waals surface area contributed by atoms with Crippen LogP contribution < -0.4 is 18.9 Å². The Balaban J connectivity index is 0.826. The maximum atomic E-state index is 6.19. The third kappa shape index (κ3) is 7.35. The average Bonchev–Trinajstić information content (AvgIpc) is 4.13. The molecule has 0 bridgehead atoms. The molecule has 0 amide bonds. The molecule has 0 saturated carbocycles. The number of hydrogen-bond donors (Lipinski definition) is 0. The quantitative estimate of drug-likeness (QED) is 0.127. The Bertz CT molecular complexity index is 4380. The largest absolute Gasteiger partial charge is 0.495 e. The van der Waals surface area contributed by atoms with E-state index in [-0.39, 0.29) is 0 Å². The van der Waals surface area contributed by atoms with Crippen LogP contribution in [-0.4, -0.2) is 38.4 Å². The van der Waals surface area contributed by atoms with Gasteiger partial charge in [0.15, 0.2) is 0 Å². The lowest BCUT2D eigenvalue weighted by molar-refractivity contribution is 0.420. The van der Waals surface area contributed by atoms with Crippen molar-refractivity contribution in [1.29, 1.82) is 0 Å². The van der Waals surface area contributed by atoms with Gasteiger partial charge in [-0.15, -0.1) is 22.7 Å². The molecule has 8 heteroatoms. The average molecular weight is 1020 g/mol. The first-order chi connectivity index (χ1) is 37.5. The van der Waals surface area contributed by atoms with Crippen molar-refractivity contribution in [2.45, 2.75) is 0 Å². The molecular formula is C68H46N2O4S2. The zero-order chi connectivity index (χ0) is 51.0. The summed E-state index contributed by atoms with van der Waals surface area (Å²) in [6.07, 6.45) is 3.58. The number of thiophene rings is 2. The molecule has 364 valence electrons. The van der Waals surface area contributed by atoms with Crippen LogP contribution in [0.25, 0.3) is 140 Å².